The Balaban J connectivity index is 1.70. The van der Waals surface area contributed by atoms with E-state index in [0.29, 0.717) is 41.9 Å². The van der Waals surface area contributed by atoms with Crippen molar-refractivity contribution in [3.05, 3.63) is 57.8 Å². The summed E-state index contributed by atoms with van der Waals surface area (Å²) < 4.78 is 43.3. The van der Waals surface area contributed by atoms with Crippen molar-refractivity contribution in [1.82, 2.24) is 14.3 Å². The van der Waals surface area contributed by atoms with Gasteiger partial charge >= 0.3 is 6.09 Å². The van der Waals surface area contributed by atoms with E-state index in [0.717, 1.165) is 5.56 Å². The van der Waals surface area contributed by atoms with Crippen LogP contribution in [-0.2, 0) is 15.9 Å². The zero-order valence-electron chi connectivity index (χ0n) is 19.0. The van der Waals surface area contributed by atoms with Crippen LogP contribution in [0.3, 0.4) is 0 Å². The lowest BCUT2D eigenvalue weighted by Crippen LogP contribution is -2.48. The summed E-state index contributed by atoms with van der Waals surface area (Å²) >= 11 is 3.13. The van der Waals surface area contributed by atoms with Gasteiger partial charge < -0.3 is 18.8 Å². The molecule has 0 unspecified atom stereocenters. The standard InChI is InChI=1S/C24H26BrF2N3O3/c1-14-5-6-30-19(12-16-13-29(7-8-32-16)23(31)33-24(2,3)4)22(28-20(30)9-14)21-17(26)10-15(25)11-18(21)27/h5-6,9-11,16H,7-8,12-13H2,1-4H3/t16-/m0/s1. The van der Waals surface area contributed by atoms with Gasteiger partial charge in [0.15, 0.2) is 0 Å². The molecular weight excluding hydrogens is 496 g/mol. The number of pyridine rings is 1. The number of aryl methyl sites for hydroxylation is 1. The summed E-state index contributed by atoms with van der Waals surface area (Å²) in [6.07, 6.45) is 1.36. The quantitative estimate of drug-likeness (QED) is 0.454. The Morgan fingerprint density at radius 2 is 1.97 bits per heavy atom. The number of nitrogens with zero attached hydrogens (tertiary/aromatic N) is 3. The molecule has 0 aliphatic carbocycles. The number of carbonyl (C=O) groups excluding carboxylic acids is 1. The molecule has 1 saturated heterocycles. The molecule has 0 spiro atoms. The highest BCUT2D eigenvalue weighted by Crippen LogP contribution is 2.33. The number of amides is 1. The van der Waals surface area contributed by atoms with E-state index in [-0.39, 0.29) is 17.4 Å². The molecule has 33 heavy (non-hydrogen) atoms. The second-order valence-electron chi connectivity index (χ2n) is 9.21. The Kier molecular flexibility index (Phi) is 6.46. The second kappa shape index (κ2) is 9.02. The smallest absolute Gasteiger partial charge is 0.410 e. The number of hydrogen-bond donors (Lipinski definition) is 0. The third kappa shape index (κ3) is 5.19. The molecular formula is C24H26BrF2N3O3. The molecule has 3 heterocycles. The van der Waals surface area contributed by atoms with Crippen molar-refractivity contribution in [2.45, 2.75) is 45.8 Å². The Morgan fingerprint density at radius 3 is 2.64 bits per heavy atom. The van der Waals surface area contributed by atoms with Crippen molar-refractivity contribution in [2.75, 3.05) is 19.7 Å². The van der Waals surface area contributed by atoms with Gasteiger partial charge in [0.25, 0.3) is 0 Å². The van der Waals surface area contributed by atoms with Gasteiger partial charge in [-0.15, -0.1) is 0 Å². The van der Waals surface area contributed by atoms with E-state index in [1.165, 1.54) is 12.1 Å². The van der Waals surface area contributed by atoms with Crippen molar-refractivity contribution in [1.29, 1.82) is 0 Å². The van der Waals surface area contributed by atoms with Gasteiger partial charge in [-0.3, -0.25) is 0 Å². The first-order chi connectivity index (χ1) is 15.5. The number of imidazole rings is 1. The predicted molar refractivity (Wildman–Crippen MR) is 124 cm³/mol. The minimum absolute atomic E-state index is 0.186. The lowest BCUT2D eigenvalue weighted by atomic mass is 10.0. The molecule has 0 N–H and O–H groups in total. The van der Waals surface area contributed by atoms with Gasteiger partial charge in [-0.25, -0.2) is 18.6 Å². The van der Waals surface area contributed by atoms with Crippen LogP contribution in [0.25, 0.3) is 16.9 Å². The number of benzene rings is 1. The fourth-order valence-corrected chi connectivity index (χ4v) is 4.31. The van der Waals surface area contributed by atoms with Crippen LogP contribution in [0.5, 0.6) is 0 Å². The normalized spacial score (nSPS) is 16.9. The Bertz CT molecular complexity index is 1180. The van der Waals surface area contributed by atoms with Gasteiger partial charge in [0.05, 0.1) is 36.2 Å². The van der Waals surface area contributed by atoms with Crippen molar-refractivity contribution in [3.63, 3.8) is 0 Å². The number of morpholine rings is 1. The van der Waals surface area contributed by atoms with E-state index in [2.05, 4.69) is 20.9 Å². The topological polar surface area (TPSA) is 56.1 Å². The molecule has 6 nitrogen and oxygen atoms in total. The molecule has 0 bridgehead atoms. The number of rotatable bonds is 3. The van der Waals surface area contributed by atoms with Crippen molar-refractivity contribution >= 4 is 27.7 Å². The minimum Gasteiger partial charge on any atom is -0.444 e. The number of fused-ring (bicyclic) bond motifs is 1. The van der Waals surface area contributed by atoms with Gasteiger partial charge in [-0.05, 0) is 57.5 Å². The second-order valence-corrected chi connectivity index (χ2v) is 10.1. The Labute approximate surface area is 199 Å². The molecule has 9 heteroatoms. The van der Waals surface area contributed by atoms with Gasteiger partial charge in [-0.2, -0.15) is 0 Å². The average molecular weight is 522 g/mol. The largest absolute Gasteiger partial charge is 0.444 e. The number of ether oxygens (including phenoxy) is 2. The summed E-state index contributed by atoms with van der Waals surface area (Å²) in [6.45, 7) is 8.44. The zero-order chi connectivity index (χ0) is 23.9. The van der Waals surface area contributed by atoms with Crippen LogP contribution in [0.2, 0.25) is 0 Å². The summed E-state index contributed by atoms with van der Waals surface area (Å²) in [6, 6.07) is 6.21. The molecule has 2 aromatic heterocycles. The predicted octanol–water partition coefficient (Wildman–Crippen LogP) is 5.53. The van der Waals surface area contributed by atoms with Crippen LogP contribution < -0.4 is 0 Å². The van der Waals surface area contributed by atoms with Crippen LogP contribution in [0.1, 0.15) is 32.0 Å². The summed E-state index contributed by atoms with van der Waals surface area (Å²) in [7, 11) is 0. The lowest BCUT2D eigenvalue weighted by Gasteiger charge is -2.34. The van der Waals surface area contributed by atoms with E-state index in [4.69, 9.17) is 9.47 Å². The SMILES string of the molecule is Cc1ccn2c(C[C@H]3CN(C(=O)OC(C)(C)C)CCO3)c(-c3c(F)cc(Br)cc3F)nc2c1. The van der Waals surface area contributed by atoms with Crippen LogP contribution in [0.4, 0.5) is 13.6 Å². The Morgan fingerprint density at radius 1 is 1.27 bits per heavy atom. The Hall–Kier alpha value is -2.52. The highest BCUT2D eigenvalue weighted by atomic mass is 79.9. The van der Waals surface area contributed by atoms with Gasteiger partial charge in [-0.1, -0.05) is 15.9 Å². The zero-order valence-corrected chi connectivity index (χ0v) is 20.6. The van der Waals surface area contributed by atoms with E-state index >= 15 is 0 Å². The van der Waals surface area contributed by atoms with Gasteiger partial charge in [0, 0.05) is 23.6 Å². The van der Waals surface area contributed by atoms with Crippen LogP contribution in [-0.4, -0.2) is 51.8 Å². The van der Waals surface area contributed by atoms with E-state index < -0.39 is 23.3 Å². The summed E-state index contributed by atoms with van der Waals surface area (Å²) in [5, 5.41) is 0. The van der Waals surface area contributed by atoms with E-state index in [1.807, 2.05) is 50.4 Å². The number of aromatic nitrogens is 2. The number of hydrogen-bond acceptors (Lipinski definition) is 4. The third-order valence-corrected chi connectivity index (χ3v) is 5.79. The molecule has 1 aliphatic rings. The van der Waals surface area contributed by atoms with Crippen molar-refractivity contribution < 1.29 is 23.0 Å². The molecule has 1 fully saturated rings. The van der Waals surface area contributed by atoms with Crippen LogP contribution >= 0.6 is 15.9 Å². The monoisotopic (exact) mass is 521 g/mol. The maximum atomic E-state index is 14.9. The van der Waals surface area contributed by atoms with Crippen molar-refractivity contribution in [2.24, 2.45) is 0 Å². The molecule has 0 saturated carbocycles. The van der Waals surface area contributed by atoms with Gasteiger partial charge in [0.2, 0.25) is 0 Å². The molecule has 4 rings (SSSR count). The first-order valence-electron chi connectivity index (χ1n) is 10.7. The van der Waals surface area contributed by atoms with Gasteiger partial charge in [0.1, 0.15) is 22.9 Å². The summed E-state index contributed by atoms with van der Waals surface area (Å²) in [5.74, 6) is -1.41. The molecule has 1 atom stereocenters. The number of carbonyl (C=O) groups is 1. The fraction of sp³-hybridized carbons (Fsp3) is 0.417. The van der Waals surface area contributed by atoms with Crippen LogP contribution in [0, 0.1) is 18.6 Å². The highest BCUT2D eigenvalue weighted by Gasteiger charge is 2.30. The third-order valence-electron chi connectivity index (χ3n) is 5.34. The molecule has 1 aliphatic heterocycles. The maximum absolute atomic E-state index is 14.9. The van der Waals surface area contributed by atoms with E-state index in [9.17, 15) is 13.6 Å². The molecule has 3 aromatic rings. The van der Waals surface area contributed by atoms with Crippen molar-refractivity contribution in [3.8, 4) is 11.3 Å². The molecule has 1 amide bonds. The fourth-order valence-electron chi connectivity index (χ4n) is 3.91. The lowest BCUT2D eigenvalue weighted by molar-refractivity contribution is -0.0418. The average Bonchev–Trinajstić information content (AvgIpc) is 3.03. The summed E-state index contributed by atoms with van der Waals surface area (Å²) in [4.78, 5) is 18.7. The van der Waals surface area contributed by atoms with E-state index in [1.54, 1.807) is 4.90 Å². The minimum atomic E-state index is -0.705. The summed E-state index contributed by atoms with van der Waals surface area (Å²) in [5.41, 5.74) is 1.61. The maximum Gasteiger partial charge on any atom is 0.410 e. The first kappa shape index (κ1) is 23.6. The molecule has 1 aromatic carbocycles. The first-order valence-corrected chi connectivity index (χ1v) is 11.5. The molecule has 0 radical (unpaired) electrons. The molecule has 176 valence electrons. The van der Waals surface area contributed by atoms with Crippen LogP contribution in [0.15, 0.2) is 34.9 Å². The number of halogens is 3. The highest BCUT2D eigenvalue weighted by molar-refractivity contribution is 9.10.